The van der Waals surface area contributed by atoms with Crippen LogP contribution in [0.5, 0.6) is 11.6 Å². The number of para-hydroxylation sites is 1. The lowest BCUT2D eigenvalue weighted by Crippen LogP contribution is -1.95. The van der Waals surface area contributed by atoms with E-state index in [1.54, 1.807) is 0 Å². The highest BCUT2D eigenvalue weighted by atomic mass is 16.5. The molecule has 1 saturated carbocycles. The maximum atomic E-state index is 6.10. The number of benzene rings is 3. The fraction of sp³-hybridized carbons (Fsp3) is 0.192. The second-order valence-electron chi connectivity index (χ2n) is 7.55. The van der Waals surface area contributed by atoms with Crippen molar-refractivity contribution in [2.45, 2.75) is 31.6 Å². The highest BCUT2D eigenvalue weighted by Gasteiger charge is 2.18. The van der Waals surface area contributed by atoms with Crippen molar-refractivity contribution in [1.82, 2.24) is 4.98 Å². The van der Waals surface area contributed by atoms with E-state index in [1.807, 2.05) is 36.4 Å². The SMILES string of the molecule is c1ccc(Oc2cc3cc(C4CCCC4)ccc3c(-c3ccccc3)n2)cc1. The molecule has 1 fully saturated rings. The summed E-state index contributed by atoms with van der Waals surface area (Å²) in [6, 6.07) is 29.2. The summed E-state index contributed by atoms with van der Waals surface area (Å²) < 4.78 is 6.10. The van der Waals surface area contributed by atoms with Crippen LogP contribution in [-0.2, 0) is 0 Å². The predicted octanol–water partition coefficient (Wildman–Crippen LogP) is 7.35. The minimum atomic E-state index is 0.640. The lowest BCUT2D eigenvalue weighted by molar-refractivity contribution is 0.464. The molecular weight excluding hydrogens is 342 g/mol. The second kappa shape index (κ2) is 7.47. The van der Waals surface area contributed by atoms with Gasteiger partial charge >= 0.3 is 0 Å². The first kappa shape index (κ1) is 17.0. The standard InChI is InChI=1S/C26H23NO/c1-3-11-20(12-4-1)26-24-16-15-21(19-9-7-8-10-19)17-22(24)18-25(27-26)28-23-13-5-2-6-14-23/h1-6,11-19H,7-10H2. The topological polar surface area (TPSA) is 22.1 Å². The Morgan fingerprint density at radius 2 is 1.46 bits per heavy atom. The Kier molecular flexibility index (Phi) is 4.54. The minimum absolute atomic E-state index is 0.640. The van der Waals surface area contributed by atoms with E-state index in [0.29, 0.717) is 11.8 Å². The molecule has 138 valence electrons. The Morgan fingerprint density at radius 3 is 2.21 bits per heavy atom. The van der Waals surface area contributed by atoms with Crippen molar-refractivity contribution in [3.63, 3.8) is 0 Å². The highest BCUT2D eigenvalue weighted by molar-refractivity contribution is 5.95. The molecule has 28 heavy (non-hydrogen) atoms. The molecule has 0 N–H and O–H groups in total. The minimum Gasteiger partial charge on any atom is -0.439 e. The second-order valence-corrected chi connectivity index (χ2v) is 7.55. The van der Waals surface area contributed by atoms with Crippen LogP contribution in [0.15, 0.2) is 84.9 Å². The molecule has 0 aliphatic heterocycles. The number of hydrogen-bond acceptors (Lipinski definition) is 2. The normalized spacial score (nSPS) is 14.4. The molecule has 0 saturated heterocycles. The summed E-state index contributed by atoms with van der Waals surface area (Å²) in [6.45, 7) is 0. The molecule has 2 nitrogen and oxygen atoms in total. The first-order valence-corrected chi connectivity index (χ1v) is 10.1. The van der Waals surface area contributed by atoms with Crippen LogP contribution in [0.2, 0.25) is 0 Å². The Morgan fingerprint density at radius 1 is 0.750 bits per heavy atom. The fourth-order valence-electron chi connectivity index (χ4n) is 4.24. The Hall–Kier alpha value is -3.13. The molecule has 3 aromatic carbocycles. The number of aromatic nitrogens is 1. The van der Waals surface area contributed by atoms with Crippen LogP contribution in [0.1, 0.15) is 37.2 Å². The predicted molar refractivity (Wildman–Crippen MR) is 115 cm³/mol. The third-order valence-electron chi connectivity index (χ3n) is 5.67. The Balaban J connectivity index is 1.64. The van der Waals surface area contributed by atoms with Gasteiger partial charge in [-0.15, -0.1) is 0 Å². The smallest absolute Gasteiger partial charge is 0.220 e. The van der Waals surface area contributed by atoms with E-state index in [9.17, 15) is 0 Å². The third kappa shape index (κ3) is 3.38. The molecule has 0 spiro atoms. The van der Waals surface area contributed by atoms with Crippen molar-refractivity contribution in [3.8, 4) is 22.9 Å². The van der Waals surface area contributed by atoms with Gasteiger partial charge < -0.3 is 4.74 Å². The molecule has 0 radical (unpaired) electrons. The maximum absolute atomic E-state index is 6.10. The summed E-state index contributed by atoms with van der Waals surface area (Å²) in [6.07, 6.45) is 5.29. The molecule has 4 aromatic rings. The van der Waals surface area contributed by atoms with E-state index in [0.717, 1.165) is 17.0 Å². The first-order valence-electron chi connectivity index (χ1n) is 10.1. The van der Waals surface area contributed by atoms with Crippen molar-refractivity contribution in [3.05, 3.63) is 90.5 Å². The summed E-state index contributed by atoms with van der Waals surface area (Å²) >= 11 is 0. The number of hydrogen-bond donors (Lipinski definition) is 0. The van der Waals surface area contributed by atoms with Gasteiger partial charge in [0.05, 0.1) is 5.69 Å². The van der Waals surface area contributed by atoms with Gasteiger partial charge in [0.2, 0.25) is 5.88 Å². The molecule has 5 rings (SSSR count). The zero-order valence-electron chi connectivity index (χ0n) is 15.8. The maximum Gasteiger partial charge on any atom is 0.220 e. The number of nitrogens with zero attached hydrogens (tertiary/aromatic N) is 1. The molecule has 1 aromatic heterocycles. The largest absolute Gasteiger partial charge is 0.439 e. The van der Waals surface area contributed by atoms with Crippen LogP contribution >= 0.6 is 0 Å². The summed E-state index contributed by atoms with van der Waals surface area (Å²) in [5.74, 6) is 2.14. The van der Waals surface area contributed by atoms with Gasteiger partial charge in [0, 0.05) is 17.0 Å². The molecular formula is C26H23NO. The zero-order chi connectivity index (χ0) is 18.8. The molecule has 0 unspecified atom stereocenters. The number of pyridine rings is 1. The van der Waals surface area contributed by atoms with Crippen LogP contribution in [-0.4, -0.2) is 4.98 Å². The van der Waals surface area contributed by atoms with Crippen molar-refractivity contribution < 1.29 is 4.74 Å². The molecule has 2 heteroatoms. The van der Waals surface area contributed by atoms with Crippen molar-refractivity contribution in [2.24, 2.45) is 0 Å². The number of ether oxygens (including phenoxy) is 1. The van der Waals surface area contributed by atoms with Crippen LogP contribution in [0.25, 0.3) is 22.0 Å². The van der Waals surface area contributed by atoms with E-state index in [4.69, 9.17) is 9.72 Å². The van der Waals surface area contributed by atoms with Gasteiger partial charge in [-0.1, -0.05) is 79.6 Å². The monoisotopic (exact) mass is 365 g/mol. The van der Waals surface area contributed by atoms with Gasteiger partial charge in [-0.05, 0) is 41.8 Å². The lowest BCUT2D eigenvalue weighted by Gasteiger charge is -2.14. The van der Waals surface area contributed by atoms with Crippen molar-refractivity contribution in [1.29, 1.82) is 0 Å². The van der Waals surface area contributed by atoms with Crippen LogP contribution in [0.4, 0.5) is 0 Å². The van der Waals surface area contributed by atoms with E-state index >= 15 is 0 Å². The van der Waals surface area contributed by atoms with E-state index in [-0.39, 0.29) is 0 Å². The zero-order valence-corrected chi connectivity index (χ0v) is 15.8. The summed E-state index contributed by atoms with van der Waals surface area (Å²) in [7, 11) is 0. The molecule has 0 atom stereocenters. The molecule has 1 heterocycles. The third-order valence-corrected chi connectivity index (χ3v) is 5.67. The van der Waals surface area contributed by atoms with Gasteiger partial charge in [0.1, 0.15) is 5.75 Å². The summed E-state index contributed by atoms with van der Waals surface area (Å²) in [5, 5.41) is 2.37. The van der Waals surface area contributed by atoms with Gasteiger partial charge in [0.15, 0.2) is 0 Å². The number of fused-ring (bicyclic) bond motifs is 1. The van der Waals surface area contributed by atoms with E-state index in [2.05, 4.69) is 48.5 Å². The van der Waals surface area contributed by atoms with Crippen LogP contribution in [0, 0.1) is 0 Å². The molecule has 1 aliphatic rings. The lowest BCUT2D eigenvalue weighted by atomic mass is 9.94. The summed E-state index contributed by atoms with van der Waals surface area (Å²) in [5.41, 5.74) is 3.53. The van der Waals surface area contributed by atoms with Crippen molar-refractivity contribution in [2.75, 3.05) is 0 Å². The molecule has 0 amide bonds. The van der Waals surface area contributed by atoms with Gasteiger partial charge in [-0.2, -0.15) is 0 Å². The van der Waals surface area contributed by atoms with Crippen molar-refractivity contribution >= 4 is 10.8 Å². The average molecular weight is 365 g/mol. The first-order chi connectivity index (χ1) is 13.9. The Labute approximate surface area is 165 Å². The number of rotatable bonds is 4. The molecule has 1 aliphatic carbocycles. The van der Waals surface area contributed by atoms with E-state index in [1.165, 1.54) is 42.0 Å². The molecule has 0 bridgehead atoms. The van der Waals surface area contributed by atoms with Gasteiger partial charge in [-0.3, -0.25) is 0 Å². The van der Waals surface area contributed by atoms with Crippen LogP contribution < -0.4 is 4.74 Å². The van der Waals surface area contributed by atoms with E-state index < -0.39 is 0 Å². The highest BCUT2D eigenvalue weighted by Crippen LogP contribution is 2.38. The average Bonchev–Trinajstić information content (AvgIpc) is 3.29. The summed E-state index contributed by atoms with van der Waals surface area (Å²) in [4.78, 5) is 4.87. The quantitative estimate of drug-likeness (QED) is 0.377. The Bertz CT molecular complexity index is 1080. The fourth-order valence-corrected chi connectivity index (χ4v) is 4.24. The van der Waals surface area contributed by atoms with Crippen LogP contribution in [0.3, 0.4) is 0 Å². The van der Waals surface area contributed by atoms with Gasteiger partial charge in [0.25, 0.3) is 0 Å². The van der Waals surface area contributed by atoms with Gasteiger partial charge in [-0.25, -0.2) is 4.98 Å².